The predicted octanol–water partition coefficient (Wildman–Crippen LogP) is 5.13. The zero-order valence-corrected chi connectivity index (χ0v) is 16.7. The summed E-state index contributed by atoms with van der Waals surface area (Å²) in [5.41, 5.74) is 2.25. The van der Waals surface area contributed by atoms with Crippen LogP contribution < -0.4 is 9.47 Å². The molecule has 0 fully saturated rings. The van der Waals surface area contributed by atoms with Crippen LogP contribution in [0.1, 0.15) is 38.8 Å². The number of ether oxygens (including phenoxy) is 2. The summed E-state index contributed by atoms with van der Waals surface area (Å²) in [6, 6.07) is 14.8. The molecule has 146 valence electrons. The summed E-state index contributed by atoms with van der Waals surface area (Å²) in [6.45, 7) is 7.84. The maximum atomic E-state index is 11.6. The molecule has 28 heavy (non-hydrogen) atoms. The van der Waals surface area contributed by atoms with Crippen LogP contribution in [0.25, 0.3) is 12.2 Å². The van der Waals surface area contributed by atoms with Gasteiger partial charge in [-0.15, -0.1) is 0 Å². The molecule has 0 heterocycles. The Hall–Kier alpha value is -3.14. The number of benzene rings is 2. The molecule has 0 aliphatic rings. The highest BCUT2D eigenvalue weighted by Gasteiger charge is 2.06. The zero-order valence-electron chi connectivity index (χ0n) is 16.7. The van der Waals surface area contributed by atoms with E-state index in [2.05, 4.69) is 0 Å². The van der Waals surface area contributed by atoms with Gasteiger partial charge in [-0.25, -0.2) is 0 Å². The molecule has 0 N–H and O–H groups in total. The summed E-state index contributed by atoms with van der Waals surface area (Å²) >= 11 is 0. The number of carbonyl (C=O) groups excluding carboxylic acids is 2. The second kappa shape index (κ2) is 10.3. The molecule has 2 aromatic rings. The van der Waals surface area contributed by atoms with Gasteiger partial charge >= 0.3 is 0 Å². The maximum absolute atomic E-state index is 11.6. The molecular weight excluding hydrogens is 352 g/mol. The van der Waals surface area contributed by atoms with E-state index in [1.54, 1.807) is 12.2 Å². The molecule has 2 rings (SSSR count). The fourth-order valence-corrected chi connectivity index (χ4v) is 2.56. The molecule has 0 aliphatic carbocycles. The van der Waals surface area contributed by atoms with Crippen LogP contribution in [-0.2, 0) is 9.59 Å². The first kappa shape index (κ1) is 21.2. The Labute approximate surface area is 166 Å². The Bertz CT molecular complexity index is 768. The molecule has 0 radical (unpaired) electrons. The van der Waals surface area contributed by atoms with Crippen LogP contribution in [-0.4, -0.2) is 24.8 Å². The van der Waals surface area contributed by atoms with Crippen molar-refractivity contribution in [2.45, 2.75) is 39.9 Å². The van der Waals surface area contributed by atoms with Crippen LogP contribution in [0.4, 0.5) is 0 Å². The zero-order chi connectivity index (χ0) is 20.5. The fraction of sp³-hybridized carbons (Fsp3) is 0.250. The van der Waals surface area contributed by atoms with Gasteiger partial charge in [0.1, 0.15) is 11.5 Å². The van der Waals surface area contributed by atoms with Crippen LogP contribution >= 0.6 is 0 Å². The lowest BCUT2D eigenvalue weighted by atomic mass is 10.0. The average Bonchev–Trinajstić information content (AvgIpc) is 2.66. The molecule has 0 unspecified atom stereocenters. The second-order valence-electron chi connectivity index (χ2n) is 6.91. The van der Waals surface area contributed by atoms with Gasteiger partial charge in [-0.05, 0) is 75.2 Å². The summed E-state index contributed by atoms with van der Waals surface area (Å²) in [5, 5.41) is 0. The van der Waals surface area contributed by atoms with Crippen molar-refractivity contribution < 1.29 is 19.1 Å². The molecule has 2 aromatic carbocycles. The lowest BCUT2D eigenvalue weighted by Gasteiger charge is -2.10. The van der Waals surface area contributed by atoms with E-state index >= 15 is 0 Å². The fourth-order valence-electron chi connectivity index (χ4n) is 2.56. The largest absolute Gasteiger partial charge is 0.491 e. The van der Waals surface area contributed by atoms with Gasteiger partial charge in [-0.2, -0.15) is 0 Å². The van der Waals surface area contributed by atoms with E-state index in [4.69, 9.17) is 9.47 Å². The highest BCUT2D eigenvalue weighted by atomic mass is 16.5. The molecule has 0 atom stereocenters. The van der Waals surface area contributed by atoms with Crippen LogP contribution in [0.5, 0.6) is 11.5 Å². The summed E-state index contributed by atoms with van der Waals surface area (Å²) in [5.74, 6) is 1.52. The molecule has 4 heteroatoms. The summed E-state index contributed by atoms with van der Waals surface area (Å²) < 4.78 is 11.2. The number of hydrogen-bond donors (Lipinski definition) is 0. The SMILES string of the molecule is CC(C)Oc1ccc(C=C(C=O)C(C=O)=Cc2ccc(OC(C)C)cc2)cc1. The Morgan fingerprint density at radius 1 is 0.643 bits per heavy atom. The van der Waals surface area contributed by atoms with Crippen molar-refractivity contribution >= 4 is 24.7 Å². The number of hydrogen-bond acceptors (Lipinski definition) is 4. The van der Waals surface area contributed by atoms with Crippen molar-refractivity contribution in [3.63, 3.8) is 0 Å². The van der Waals surface area contributed by atoms with Gasteiger partial charge in [0.25, 0.3) is 0 Å². The van der Waals surface area contributed by atoms with Crippen molar-refractivity contribution in [3.05, 3.63) is 70.8 Å². The summed E-state index contributed by atoms with van der Waals surface area (Å²) in [6.07, 6.45) is 4.93. The Morgan fingerprint density at radius 2 is 0.964 bits per heavy atom. The highest BCUT2D eigenvalue weighted by molar-refractivity contribution is 6.02. The third-order valence-electron chi connectivity index (χ3n) is 3.74. The predicted molar refractivity (Wildman–Crippen MR) is 112 cm³/mol. The molecule has 0 saturated heterocycles. The van der Waals surface area contributed by atoms with E-state index in [0.717, 1.165) is 22.6 Å². The van der Waals surface area contributed by atoms with Crippen molar-refractivity contribution in [1.29, 1.82) is 0 Å². The minimum absolute atomic E-state index is 0.0915. The van der Waals surface area contributed by atoms with Gasteiger partial charge < -0.3 is 9.47 Å². The first-order valence-corrected chi connectivity index (χ1v) is 9.29. The third kappa shape index (κ3) is 6.54. The summed E-state index contributed by atoms with van der Waals surface area (Å²) in [4.78, 5) is 23.2. The minimum atomic E-state index is 0.0915. The van der Waals surface area contributed by atoms with Gasteiger partial charge in [0.2, 0.25) is 0 Å². The van der Waals surface area contributed by atoms with Crippen molar-refractivity contribution in [2.24, 2.45) is 0 Å². The van der Waals surface area contributed by atoms with E-state index in [0.29, 0.717) is 23.7 Å². The van der Waals surface area contributed by atoms with E-state index in [1.807, 2.05) is 76.2 Å². The lowest BCUT2D eigenvalue weighted by molar-refractivity contribution is -0.107. The smallest absolute Gasteiger partial charge is 0.150 e. The number of allylic oxidation sites excluding steroid dienone is 2. The second-order valence-corrected chi connectivity index (χ2v) is 6.91. The van der Waals surface area contributed by atoms with E-state index in [-0.39, 0.29) is 12.2 Å². The van der Waals surface area contributed by atoms with E-state index < -0.39 is 0 Å². The van der Waals surface area contributed by atoms with Crippen molar-refractivity contribution in [2.75, 3.05) is 0 Å². The van der Waals surface area contributed by atoms with Crippen LogP contribution in [0, 0.1) is 0 Å². The molecule has 0 aromatic heterocycles. The third-order valence-corrected chi connectivity index (χ3v) is 3.74. The van der Waals surface area contributed by atoms with E-state index in [1.165, 1.54) is 0 Å². The molecule has 0 saturated carbocycles. The Morgan fingerprint density at radius 3 is 1.21 bits per heavy atom. The van der Waals surface area contributed by atoms with Gasteiger partial charge in [-0.1, -0.05) is 24.3 Å². The number of rotatable bonds is 9. The highest BCUT2D eigenvalue weighted by Crippen LogP contribution is 2.20. The number of carbonyl (C=O) groups is 2. The molecule has 0 spiro atoms. The molecular formula is C24H26O4. The molecule has 0 aliphatic heterocycles. The van der Waals surface area contributed by atoms with Gasteiger partial charge in [0.05, 0.1) is 12.2 Å². The van der Waals surface area contributed by atoms with Crippen LogP contribution in [0.15, 0.2) is 59.7 Å². The Balaban J connectivity index is 2.24. The average molecular weight is 378 g/mol. The normalized spacial score (nSPS) is 12.2. The van der Waals surface area contributed by atoms with Crippen molar-refractivity contribution in [3.8, 4) is 11.5 Å². The molecule has 4 nitrogen and oxygen atoms in total. The monoisotopic (exact) mass is 378 g/mol. The maximum Gasteiger partial charge on any atom is 0.150 e. The van der Waals surface area contributed by atoms with Gasteiger partial charge in [-0.3, -0.25) is 9.59 Å². The van der Waals surface area contributed by atoms with Gasteiger partial charge in [0, 0.05) is 11.1 Å². The van der Waals surface area contributed by atoms with E-state index in [9.17, 15) is 9.59 Å². The van der Waals surface area contributed by atoms with Crippen LogP contribution in [0.2, 0.25) is 0 Å². The minimum Gasteiger partial charge on any atom is -0.491 e. The van der Waals surface area contributed by atoms with Gasteiger partial charge in [0.15, 0.2) is 12.6 Å². The molecule has 0 amide bonds. The quantitative estimate of drug-likeness (QED) is 0.345. The first-order chi connectivity index (χ1) is 13.4. The molecule has 0 bridgehead atoms. The standard InChI is InChI=1S/C24H26O4/c1-17(2)27-23-9-5-19(6-10-23)13-21(15-25)22(16-26)14-20-7-11-24(12-8-20)28-18(3)4/h5-18H,1-4H3. The van der Waals surface area contributed by atoms with Crippen LogP contribution in [0.3, 0.4) is 0 Å². The topological polar surface area (TPSA) is 52.6 Å². The van der Waals surface area contributed by atoms with Crippen molar-refractivity contribution in [1.82, 2.24) is 0 Å². The first-order valence-electron chi connectivity index (χ1n) is 9.29. The lowest BCUT2D eigenvalue weighted by Crippen LogP contribution is -2.05. The Kier molecular flexibility index (Phi) is 7.76. The number of aldehydes is 2. The summed E-state index contributed by atoms with van der Waals surface area (Å²) in [7, 11) is 0.